The summed E-state index contributed by atoms with van der Waals surface area (Å²) in [5.74, 6) is -0.204. The van der Waals surface area contributed by atoms with Crippen molar-refractivity contribution >= 4 is 15.9 Å². The van der Waals surface area contributed by atoms with Crippen LogP contribution in [0.25, 0.3) is 0 Å². The lowest BCUT2D eigenvalue weighted by Crippen LogP contribution is -2.41. The summed E-state index contributed by atoms with van der Waals surface area (Å²) < 4.78 is 16.5. The summed E-state index contributed by atoms with van der Waals surface area (Å²) in [5, 5.41) is 4.36. The van der Waals surface area contributed by atoms with Gasteiger partial charge in [0.05, 0.1) is 15.9 Å². The van der Waals surface area contributed by atoms with Gasteiger partial charge in [0.15, 0.2) is 0 Å². The Kier molecular flexibility index (Phi) is 4.30. The number of rotatable bonds is 4. The Bertz CT molecular complexity index is 620. The van der Waals surface area contributed by atoms with E-state index in [-0.39, 0.29) is 5.82 Å². The van der Waals surface area contributed by atoms with E-state index in [1.54, 1.807) is 12.1 Å². The van der Waals surface area contributed by atoms with Gasteiger partial charge in [0.2, 0.25) is 0 Å². The van der Waals surface area contributed by atoms with Crippen LogP contribution in [0.1, 0.15) is 23.9 Å². The summed E-state index contributed by atoms with van der Waals surface area (Å²) in [4.78, 5) is 0. The first-order valence-electron chi connectivity index (χ1n) is 6.50. The van der Waals surface area contributed by atoms with E-state index in [4.69, 9.17) is 5.73 Å². The van der Waals surface area contributed by atoms with E-state index in [1.165, 1.54) is 6.07 Å². The lowest BCUT2D eigenvalue weighted by molar-refractivity contribution is 0.437. The molecule has 108 valence electrons. The Morgan fingerprint density at radius 3 is 2.55 bits per heavy atom. The van der Waals surface area contributed by atoms with Gasteiger partial charge in [-0.2, -0.15) is 5.10 Å². The summed E-state index contributed by atoms with van der Waals surface area (Å²) in [6.45, 7) is 3.88. The van der Waals surface area contributed by atoms with Gasteiger partial charge in [-0.15, -0.1) is 0 Å². The summed E-state index contributed by atoms with van der Waals surface area (Å²) in [7, 11) is 1.90. The number of aromatic nitrogens is 2. The second-order valence-corrected chi connectivity index (χ2v) is 6.36. The van der Waals surface area contributed by atoms with E-state index in [0.29, 0.717) is 18.4 Å². The number of hydrogen-bond acceptors (Lipinski definition) is 2. The number of halogens is 2. The Labute approximate surface area is 127 Å². The molecule has 1 heterocycles. The molecular formula is C15H19BrFN3. The van der Waals surface area contributed by atoms with Crippen LogP contribution in [0.15, 0.2) is 28.7 Å². The second kappa shape index (κ2) is 5.66. The van der Waals surface area contributed by atoms with E-state index >= 15 is 0 Å². The van der Waals surface area contributed by atoms with E-state index in [1.807, 2.05) is 31.6 Å². The number of hydrogen-bond donors (Lipinski definition) is 1. The van der Waals surface area contributed by atoms with Crippen molar-refractivity contribution in [2.75, 3.05) is 0 Å². The summed E-state index contributed by atoms with van der Waals surface area (Å²) in [6.07, 6.45) is 1.11. The summed E-state index contributed by atoms with van der Waals surface area (Å²) in [6, 6.07) is 6.77. The third kappa shape index (κ3) is 3.27. The first-order chi connectivity index (χ1) is 9.30. The molecule has 0 bridgehead atoms. The second-order valence-electron chi connectivity index (χ2n) is 5.57. The summed E-state index contributed by atoms with van der Waals surface area (Å²) >= 11 is 3.54. The first kappa shape index (κ1) is 15.2. The number of nitrogens with zero attached hydrogens (tertiary/aromatic N) is 2. The molecule has 1 atom stereocenters. The van der Waals surface area contributed by atoms with Gasteiger partial charge in [-0.25, -0.2) is 4.39 Å². The number of benzene rings is 1. The Morgan fingerprint density at radius 2 is 2.00 bits per heavy atom. The third-order valence-corrected chi connectivity index (χ3v) is 4.42. The van der Waals surface area contributed by atoms with Gasteiger partial charge in [0.1, 0.15) is 5.82 Å². The molecule has 0 fully saturated rings. The molecule has 0 amide bonds. The van der Waals surface area contributed by atoms with Crippen LogP contribution < -0.4 is 5.73 Å². The van der Waals surface area contributed by atoms with E-state index in [2.05, 4.69) is 21.0 Å². The van der Waals surface area contributed by atoms with Crippen LogP contribution in [0.4, 0.5) is 4.39 Å². The SMILES string of the molecule is Cc1nn(C)c(CC(C)(N)Cc2ccccc2F)c1Br. The zero-order chi connectivity index (χ0) is 14.9. The fourth-order valence-corrected chi connectivity index (χ4v) is 2.87. The molecule has 1 aromatic carbocycles. The van der Waals surface area contributed by atoms with Gasteiger partial charge in [-0.05, 0) is 47.8 Å². The van der Waals surface area contributed by atoms with Crippen molar-refractivity contribution in [1.82, 2.24) is 9.78 Å². The molecule has 0 aliphatic rings. The highest BCUT2D eigenvalue weighted by atomic mass is 79.9. The van der Waals surface area contributed by atoms with Gasteiger partial charge in [0, 0.05) is 19.0 Å². The van der Waals surface area contributed by atoms with Crippen molar-refractivity contribution in [3.63, 3.8) is 0 Å². The van der Waals surface area contributed by atoms with E-state index in [0.717, 1.165) is 15.9 Å². The molecule has 0 aliphatic heterocycles. The molecule has 1 aromatic heterocycles. The minimum atomic E-state index is -0.537. The lowest BCUT2D eigenvalue weighted by Gasteiger charge is -2.25. The van der Waals surface area contributed by atoms with Crippen molar-refractivity contribution in [3.05, 3.63) is 51.5 Å². The molecule has 2 aromatic rings. The van der Waals surface area contributed by atoms with Crippen molar-refractivity contribution in [2.45, 2.75) is 32.2 Å². The zero-order valence-corrected chi connectivity index (χ0v) is 13.5. The number of nitrogens with two attached hydrogens (primary N) is 1. The quantitative estimate of drug-likeness (QED) is 0.929. The van der Waals surface area contributed by atoms with Gasteiger partial charge in [-0.1, -0.05) is 18.2 Å². The van der Waals surface area contributed by atoms with Crippen molar-refractivity contribution < 1.29 is 4.39 Å². The third-order valence-electron chi connectivity index (χ3n) is 3.39. The van der Waals surface area contributed by atoms with Crippen LogP contribution in [-0.4, -0.2) is 15.3 Å². The molecule has 20 heavy (non-hydrogen) atoms. The van der Waals surface area contributed by atoms with Gasteiger partial charge >= 0.3 is 0 Å². The molecule has 2 N–H and O–H groups in total. The highest BCUT2D eigenvalue weighted by molar-refractivity contribution is 9.10. The van der Waals surface area contributed by atoms with Crippen molar-refractivity contribution in [3.8, 4) is 0 Å². The Morgan fingerprint density at radius 1 is 1.35 bits per heavy atom. The molecular weight excluding hydrogens is 321 g/mol. The predicted molar refractivity (Wildman–Crippen MR) is 82.0 cm³/mol. The standard InChI is InChI=1S/C15H19BrFN3/c1-10-14(16)13(20(3)19-10)9-15(2,18)8-11-6-4-5-7-12(11)17/h4-7H,8-9,18H2,1-3H3. The highest BCUT2D eigenvalue weighted by Gasteiger charge is 2.25. The average Bonchev–Trinajstić information content (AvgIpc) is 2.58. The monoisotopic (exact) mass is 339 g/mol. The normalized spacial score (nSPS) is 14.3. The molecule has 0 aliphatic carbocycles. The van der Waals surface area contributed by atoms with Gasteiger partial charge in [-0.3, -0.25) is 4.68 Å². The molecule has 0 saturated heterocycles. The Hall–Kier alpha value is -1.20. The minimum Gasteiger partial charge on any atom is -0.325 e. The zero-order valence-electron chi connectivity index (χ0n) is 12.0. The average molecular weight is 340 g/mol. The van der Waals surface area contributed by atoms with Crippen LogP contribution in [0.3, 0.4) is 0 Å². The fourth-order valence-electron chi connectivity index (χ4n) is 2.39. The maximum Gasteiger partial charge on any atom is 0.126 e. The molecule has 2 rings (SSSR count). The topological polar surface area (TPSA) is 43.8 Å². The largest absolute Gasteiger partial charge is 0.325 e. The molecule has 3 nitrogen and oxygen atoms in total. The molecule has 0 radical (unpaired) electrons. The molecule has 1 unspecified atom stereocenters. The Balaban J connectivity index is 2.21. The highest BCUT2D eigenvalue weighted by Crippen LogP contribution is 2.25. The molecule has 0 spiro atoms. The maximum absolute atomic E-state index is 13.7. The van der Waals surface area contributed by atoms with Crippen molar-refractivity contribution in [2.24, 2.45) is 12.8 Å². The maximum atomic E-state index is 13.7. The van der Waals surface area contributed by atoms with Crippen LogP contribution in [0, 0.1) is 12.7 Å². The van der Waals surface area contributed by atoms with E-state index < -0.39 is 5.54 Å². The van der Waals surface area contributed by atoms with Gasteiger partial charge < -0.3 is 5.73 Å². The van der Waals surface area contributed by atoms with Crippen LogP contribution >= 0.6 is 15.9 Å². The van der Waals surface area contributed by atoms with E-state index in [9.17, 15) is 4.39 Å². The van der Waals surface area contributed by atoms with Crippen LogP contribution in [-0.2, 0) is 19.9 Å². The first-order valence-corrected chi connectivity index (χ1v) is 7.30. The molecule has 0 saturated carbocycles. The lowest BCUT2D eigenvalue weighted by atomic mass is 9.89. The van der Waals surface area contributed by atoms with Crippen LogP contribution in [0.2, 0.25) is 0 Å². The number of aryl methyl sites for hydroxylation is 2. The minimum absolute atomic E-state index is 0.204. The fraction of sp³-hybridized carbons (Fsp3) is 0.400. The summed E-state index contributed by atoms with van der Waals surface area (Å²) in [5.41, 5.74) is 8.44. The predicted octanol–water partition coefficient (Wildman–Crippen LogP) is 3.13. The smallest absolute Gasteiger partial charge is 0.126 e. The van der Waals surface area contributed by atoms with Crippen molar-refractivity contribution in [1.29, 1.82) is 0 Å². The van der Waals surface area contributed by atoms with Crippen LogP contribution in [0.5, 0.6) is 0 Å². The molecule has 5 heteroatoms. The van der Waals surface area contributed by atoms with Gasteiger partial charge in [0.25, 0.3) is 0 Å².